The van der Waals surface area contributed by atoms with E-state index in [4.69, 9.17) is 11.6 Å². The lowest BCUT2D eigenvalue weighted by atomic mass is 10.0. The molecule has 0 aliphatic carbocycles. The number of hydrogen-bond donors (Lipinski definition) is 0. The lowest BCUT2D eigenvalue weighted by molar-refractivity contribution is 1.23. The number of hydrogen-bond acceptors (Lipinski definition) is 3. The minimum absolute atomic E-state index is 0.430. The summed E-state index contributed by atoms with van der Waals surface area (Å²) in [6.45, 7) is 1.91. The minimum atomic E-state index is 0.430. The van der Waals surface area contributed by atoms with Gasteiger partial charge in [0.05, 0.1) is 11.4 Å². The van der Waals surface area contributed by atoms with Gasteiger partial charge in [-0.25, -0.2) is 9.98 Å². The number of para-hydroxylation sites is 1. The van der Waals surface area contributed by atoms with Crippen LogP contribution in [0.3, 0.4) is 0 Å². The summed E-state index contributed by atoms with van der Waals surface area (Å²) in [4.78, 5) is 13.3. The molecule has 0 atom stereocenters. The molecule has 1 aromatic rings. The molecule has 4 heteroatoms. The summed E-state index contributed by atoms with van der Waals surface area (Å²) in [5.41, 5.74) is 3.87. The molecule has 0 spiro atoms. The Morgan fingerprint density at radius 2 is 1.94 bits per heavy atom. The number of halogens is 1. The molecule has 0 N–H and O–H groups in total. The minimum Gasteiger partial charge on any atom is -0.254 e. The Morgan fingerprint density at radius 1 is 1.12 bits per heavy atom. The number of fused-ring (bicyclic) bond motifs is 2. The molecule has 0 radical (unpaired) electrons. The molecular formula is C13H10ClN3. The van der Waals surface area contributed by atoms with Crippen molar-refractivity contribution in [2.75, 3.05) is 0 Å². The molecule has 0 aromatic heterocycles. The van der Waals surface area contributed by atoms with Crippen molar-refractivity contribution in [2.24, 2.45) is 15.0 Å². The Kier molecular flexibility index (Phi) is 2.41. The summed E-state index contributed by atoms with van der Waals surface area (Å²) in [6, 6.07) is 8.02. The number of benzene rings is 1. The first-order chi connectivity index (χ1) is 8.22. The van der Waals surface area contributed by atoms with Crippen molar-refractivity contribution < 1.29 is 0 Å². The lowest BCUT2D eigenvalue weighted by Crippen LogP contribution is -2.18. The fourth-order valence-corrected chi connectivity index (χ4v) is 2.18. The molecule has 2 aliphatic heterocycles. The van der Waals surface area contributed by atoms with Gasteiger partial charge in [-0.2, -0.15) is 0 Å². The van der Waals surface area contributed by atoms with Gasteiger partial charge in [-0.15, -0.1) is 0 Å². The maximum absolute atomic E-state index is 5.98. The van der Waals surface area contributed by atoms with Gasteiger partial charge in [-0.05, 0) is 24.6 Å². The van der Waals surface area contributed by atoms with Gasteiger partial charge in [0, 0.05) is 12.1 Å². The van der Waals surface area contributed by atoms with Crippen LogP contribution in [0.2, 0.25) is 0 Å². The molecule has 0 bridgehead atoms. The molecule has 2 aliphatic rings. The van der Waals surface area contributed by atoms with E-state index in [1.54, 1.807) is 6.08 Å². The second-order valence-corrected chi connectivity index (χ2v) is 4.41. The third-order valence-electron chi connectivity index (χ3n) is 2.69. The van der Waals surface area contributed by atoms with E-state index < -0.39 is 0 Å². The van der Waals surface area contributed by atoms with Gasteiger partial charge in [-0.1, -0.05) is 29.8 Å². The van der Waals surface area contributed by atoms with E-state index in [2.05, 4.69) is 21.0 Å². The molecular weight excluding hydrogens is 234 g/mol. The molecule has 2 heterocycles. The quantitative estimate of drug-likeness (QED) is 0.671. The summed E-state index contributed by atoms with van der Waals surface area (Å²) in [6.07, 6.45) is 2.51. The summed E-state index contributed by atoms with van der Waals surface area (Å²) in [5, 5.41) is 0.430. The standard InChI is InChI=1S/C13H10ClN3/c1-8-6-12(14)17-13-11(15-8)7-9-4-2-3-5-10(9)16-13/h2-6H,7H2,1H3. The number of allylic oxidation sites excluding steroid dienone is 2. The van der Waals surface area contributed by atoms with Gasteiger partial charge in [0.25, 0.3) is 0 Å². The predicted octanol–water partition coefficient (Wildman–Crippen LogP) is 3.27. The van der Waals surface area contributed by atoms with Crippen molar-refractivity contribution in [3.05, 3.63) is 41.6 Å². The van der Waals surface area contributed by atoms with Gasteiger partial charge < -0.3 is 0 Å². The third kappa shape index (κ3) is 1.94. The lowest BCUT2D eigenvalue weighted by Gasteiger charge is -2.14. The van der Waals surface area contributed by atoms with Gasteiger partial charge in [0.1, 0.15) is 5.17 Å². The van der Waals surface area contributed by atoms with Crippen molar-refractivity contribution in [2.45, 2.75) is 13.3 Å². The van der Waals surface area contributed by atoms with Gasteiger partial charge in [0.2, 0.25) is 0 Å². The van der Waals surface area contributed by atoms with Crippen molar-refractivity contribution >= 4 is 34.0 Å². The van der Waals surface area contributed by atoms with Gasteiger partial charge in [-0.3, -0.25) is 4.99 Å². The largest absolute Gasteiger partial charge is 0.254 e. The highest BCUT2D eigenvalue weighted by atomic mass is 35.5. The molecule has 3 nitrogen and oxygen atoms in total. The molecule has 0 unspecified atom stereocenters. The maximum Gasteiger partial charge on any atom is 0.176 e. The number of amidine groups is 1. The van der Waals surface area contributed by atoms with E-state index in [1.807, 2.05) is 25.1 Å². The molecule has 84 valence electrons. The zero-order valence-electron chi connectivity index (χ0n) is 9.31. The smallest absolute Gasteiger partial charge is 0.176 e. The Hall–Kier alpha value is -1.74. The highest BCUT2D eigenvalue weighted by molar-refractivity contribution is 6.70. The fraction of sp³-hybridized carbons (Fsp3) is 0.154. The topological polar surface area (TPSA) is 37.1 Å². The van der Waals surface area contributed by atoms with E-state index in [9.17, 15) is 0 Å². The Bertz CT molecular complexity index is 609. The monoisotopic (exact) mass is 243 g/mol. The summed E-state index contributed by atoms with van der Waals surface area (Å²) in [5.74, 6) is 0.627. The molecule has 1 aromatic carbocycles. The number of aliphatic imine (C=N–C) groups is 3. The van der Waals surface area contributed by atoms with Crippen LogP contribution in [0.1, 0.15) is 12.5 Å². The summed E-state index contributed by atoms with van der Waals surface area (Å²) < 4.78 is 0. The summed E-state index contributed by atoms with van der Waals surface area (Å²) in [7, 11) is 0. The van der Waals surface area contributed by atoms with Crippen molar-refractivity contribution in [3.8, 4) is 0 Å². The molecule has 0 saturated carbocycles. The van der Waals surface area contributed by atoms with Crippen molar-refractivity contribution in [1.82, 2.24) is 0 Å². The van der Waals surface area contributed by atoms with Crippen molar-refractivity contribution in [3.63, 3.8) is 0 Å². The zero-order valence-corrected chi connectivity index (χ0v) is 10.1. The first kappa shape index (κ1) is 10.4. The van der Waals surface area contributed by atoms with E-state index in [0.29, 0.717) is 11.0 Å². The fourth-order valence-electron chi connectivity index (χ4n) is 1.94. The van der Waals surface area contributed by atoms with E-state index >= 15 is 0 Å². The van der Waals surface area contributed by atoms with Crippen LogP contribution in [-0.2, 0) is 6.42 Å². The van der Waals surface area contributed by atoms with Crippen LogP contribution in [0.4, 0.5) is 5.69 Å². The molecule has 0 saturated heterocycles. The molecule has 0 amide bonds. The van der Waals surface area contributed by atoms with E-state index in [1.165, 1.54) is 5.56 Å². The Balaban J connectivity index is 2.18. The third-order valence-corrected chi connectivity index (χ3v) is 2.88. The van der Waals surface area contributed by atoms with Gasteiger partial charge >= 0.3 is 0 Å². The second-order valence-electron chi connectivity index (χ2n) is 4.02. The zero-order chi connectivity index (χ0) is 11.8. The first-order valence-electron chi connectivity index (χ1n) is 5.39. The van der Waals surface area contributed by atoms with E-state index in [-0.39, 0.29) is 0 Å². The molecule has 3 rings (SSSR count). The maximum atomic E-state index is 5.98. The van der Waals surface area contributed by atoms with Crippen LogP contribution < -0.4 is 0 Å². The molecule has 17 heavy (non-hydrogen) atoms. The van der Waals surface area contributed by atoms with Crippen LogP contribution in [0, 0.1) is 0 Å². The highest BCUT2D eigenvalue weighted by Gasteiger charge is 2.19. The normalized spacial score (nSPS) is 18.0. The Morgan fingerprint density at radius 3 is 2.82 bits per heavy atom. The average Bonchev–Trinajstić information content (AvgIpc) is 2.42. The number of nitrogens with zero attached hydrogens (tertiary/aromatic N) is 3. The van der Waals surface area contributed by atoms with Gasteiger partial charge in [0.15, 0.2) is 5.84 Å². The van der Waals surface area contributed by atoms with Crippen molar-refractivity contribution in [1.29, 1.82) is 0 Å². The van der Waals surface area contributed by atoms with Crippen LogP contribution in [-0.4, -0.2) is 16.7 Å². The van der Waals surface area contributed by atoms with Crippen LogP contribution in [0.5, 0.6) is 0 Å². The molecule has 0 fully saturated rings. The predicted molar refractivity (Wildman–Crippen MR) is 71.7 cm³/mol. The Labute approximate surface area is 104 Å². The van der Waals surface area contributed by atoms with E-state index in [0.717, 1.165) is 23.5 Å². The van der Waals surface area contributed by atoms with Crippen LogP contribution >= 0.6 is 11.6 Å². The number of rotatable bonds is 0. The SMILES string of the molecule is CC1=CC(Cl)=NC2=Nc3ccccc3CC2=N1. The summed E-state index contributed by atoms with van der Waals surface area (Å²) >= 11 is 5.98. The van der Waals surface area contributed by atoms with Crippen LogP contribution in [0.15, 0.2) is 51.0 Å². The average molecular weight is 244 g/mol. The second kappa shape index (κ2) is 3.93. The first-order valence-corrected chi connectivity index (χ1v) is 5.77. The highest BCUT2D eigenvalue weighted by Crippen LogP contribution is 2.26. The van der Waals surface area contributed by atoms with Crippen LogP contribution in [0.25, 0.3) is 0 Å².